The monoisotopic (exact) mass is 258 g/mol. The van der Waals surface area contributed by atoms with E-state index in [1.54, 1.807) is 0 Å². The first-order valence-electron chi connectivity index (χ1n) is 3.13. The maximum atomic E-state index is 5.58. The fraction of sp³-hybridized carbons (Fsp3) is 0. The molecule has 0 aliphatic carbocycles. The lowest BCUT2D eigenvalue weighted by Gasteiger charge is -1.98. The fourth-order valence-corrected chi connectivity index (χ4v) is 0.882. The molecule has 0 aliphatic heterocycles. The highest BCUT2D eigenvalue weighted by Gasteiger charge is 1.93. The molecule has 0 bridgehead atoms. The summed E-state index contributed by atoms with van der Waals surface area (Å²) in [6, 6.07) is 0. The van der Waals surface area contributed by atoms with Gasteiger partial charge >= 0.3 is 0 Å². The van der Waals surface area contributed by atoms with Crippen LogP contribution in [0.5, 0.6) is 0 Å². The van der Waals surface area contributed by atoms with Gasteiger partial charge in [0.25, 0.3) is 0 Å². The van der Waals surface area contributed by atoms with E-state index in [1.807, 2.05) is 0 Å². The van der Waals surface area contributed by atoms with Crippen molar-refractivity contribution in [3.8, 4) is 0 Å². The van der Waals surface area contributed by atoms with Crippen molar-refractivity contribution < 1.29 is 4.74 Å². The Labute approximate surface area is 96.9 Å². The van der Waals surface area contributed by atoms with Gasteiger partial charge in [0.05, 0.1) is 0 Å². The van der Waals surface area contributed by atoms with Crippen LogP contribution in [0.4, 0.5) is 0 Å². The first-order chi connectivity index (χ1) is 6.20. The van der Waals surface area contributed by atoms with Gasteiger partial charge in [-0.2, -0.15) is 0 Å². The van der Waals surface area contributed by atoms with Crippen molar-refractivity contribution in [1.29, 1.82) is 0 Å². The zero-order chi connectivity index (χ0) is 10.1. The van der Waals surface area contributed by atoms with Crippen molar-refractivity contribution in [2.24, 2.45) is 0 Å². The van der Waals surface area contributed by atoms with Crippen LogP contribution in [0.1, 0.15) is 0 Å². The number of hydrogen-bond donors (Lipinski definition) is 0. The van der Waals surface area contributed by atoms with E-state index in [1.165, 1.54) is 35.4 Å². The minimum Gasteiger partial charge on any atom is -0.433 e. The summed E-state index contributed by atoms with van der Waals surface area (Å²) in [5.41, 5.74) is 2.59. The maximum Gasteiger partial charge on any atom is 0.195 e. The zero-order valence-corrected chi connectivity index (χ0v) is 9.41. The topological polar surface area (TPSA) is 9.23 Å². The molecule has 0 aromatic carbocycles. The summed E-state index contributed by atoms with van der Waals surface area (Å²) < 4.78 is 4.89. The number of ether oxygens (including phenoxy) is 1. The van der Waals surface area contributed by atoms with E-state index in [0.29, 0.717) is 0 Å². The number of hydrogen-bond acceptors (Lipinski definition) is 1. The standard InChI is InChI=1S/C8H6Cl4O/c9-5-1-3-7(11)13-8(12)4-2-6-10/h1-6H. The summed E-state index contributed by atoms with van der Waals surface area (Å²) in [6.45, 7) is 0. The highest BCUT2D eigenvalue weighted by molar-refractivity contribution is 6.31. The Kier molecular flexibility index (Phi) is 8.46. The van der Waals surface area contributed by atoms with E-state index >= 15 is 0 Å². The first kappa shape index (κ1) is 12.9. The molecule has 0 fully saturated rings. The zero-order valence-electron chi connectivity index (χ0n) is 6.38. The molecule has 0 atom stereocenters. The molecule has 0 radical (unpaired) electrons. The summed E-state index contributed by atoms with van der Waals surface area (Å²) >= 11 is 21.7. The van der Waals surface area contributed by atoms with E-state index in [0.717, 1.165) is 0 Å². The van der Waals surface area contributed by atoms with Gasteiger partial charge < -0.3 is 4.74 Å². The smallest absolute Gasteiger partial charge is 0.195 e. The fourth-order valence-electron chi connectivity index (χ4n) is 0.385. The van der Waals surface area contributed by atoms with Gasteiger partial charge in [-0.1, -0.05) is 23.2 Å². The predicted molar refractivity (Wildman–Crippen MR) is 58.9 cm³/mol. The van der Waals surface area contributed by atoms with E-state index in [-0.39, 0.29) is 10.4 Å². The Morgan fingerprint density at radius 3 is 1.54 bits per heavy atom. The Bertz CT molecular complexity index is 227. The van der Waals surface area contributed by atoms with Gasteiger partial charge in [0, 0.05) is 11.1 Å². The summed E-state index contributed by atoms with van der Waals surface area (Å²) in [4.78, 5) is 0. The lowest BCUT2D eigenvalue weighted by atomic mass is 10.6. The van der Waals surface area contributed by atoms with Gasteiger partial charge in [-0.15, -0.1) is 0 Å². The second kappa shape index (κ2) is 8.52. The highest BCUT2D eigenvalue weighted by atomic mass is 35.5. The summed E-state index contributed by atoms with van der Waals surface area (Å²) in [5, 5.41) is 0.224. The molecule has 0 spiro atoms. The molecule has 0 amide bonds. The number of halogens is 4. The third-order valence-electron chi connectivity index (χ3n) is 0.795. The van der Waals surface area contributed by atoms with Crippen LogP contribution in [-0.4, -0.2) is 0 Å². The molecule has 1 nitrogen and oxygen atoms in total. The molecule has 0 saturated carbocycles. The molecule has 0 rings (SSSR count). The largest absolute Gasteiger partial charge is 0.433 e. The summed E-state index contributed by atoms with van der Waals surface area (Å²) in [6.07, 6.45) is 5.92. The molecule has 0 aromatic heterocycles. The molecular formula is C8H6Cl4O. The molecule has 13 heavy (non-hydrogen) atoms. The number of allylic oxidation sites excluding steroid dienone is 4. The second-order valence-electron chi connectivity index (χ2n) is 1.68. The van der Waals surface area contributed by atoms with Crippen LogP contribution in [0, 0.1) is 0 Å². The molecule has 0 N–H and O–H groups in total. The predicted octanol–water partition coefficient (Wildman–Crippen LogP) is 4.67. The van der Waals surface area contributed by atoms with Crippen molar-refractivity contribution in [1.82, 2.24) is 0 Å². The molecule has 0 saturated heterocycles. The van der Waals surface area contributed by atoms with Crippen LogP contribution >= 0.6 is 46.4 Å². The summed E-state index contributed by atoms with van der Waals surface area (Å²) in [7, 11) is 0. The molecule has 0 heterocycles. The molecule has 72 valence electrons. The normalized spacial score (nSPS) is 14.5. The quantitative estimate of drug-likeness (QED) is 0.527. The lowest BCUT2D eigenvalue weighted by Crippen LogP contribution is -1.79. The Morgan fingerprint density at radius 1 is 0.846 bits per heavy atom. The number of rotatable bonds is 4. The molecule has 0 aromatic rings. The van der Waals surface area contributed by atoms with Crippen molar-refractivity contribution in [3.05, 3.63) is 45.8 Å². The third-order valence-corrected chi connectivity index (χ3v) is 1.49. The van der Waals surface area contributed by atoms with E-state index < -0.39 is 0 Å². The van der Waals surface area contributed by atoms with Crippen molar-refractivity contribution in [2.75, 3.05) is 0 Å². The Balaban J connectivity index is 4.12. The highest BCUT2D eigenvalue weighted by Crippen LogP contribution is 2.14. The van der Waals surface area contributed by atoms with Crippen LogP contribution in [0.2, 0.25) is 0 Å². The van der Waals surface area contributed by atoms with Crippen LogP contribution in [0.25, 0.3) is 0 Å². The Hall–Kier alpha value is -0.0800. The minimum absolute atomic E-state index is 0.112. The van der Waals surface area contributed by atoms with Gasteiger partial charge in [0.1, 0.15) is 0 Å². The van der Waals surface area contributed by atoms with Gasteiger partial charge in [0.15, 0.2) is 10.4 Å². The SMILES string of the molecule is ClC=CC=C(Cl)OC(Cl)=CC=CCl. The molecule has 0 unspecified atom stereocenters. The average molecular weight is 260 g/mol. The maximum absolute atomic E-state index is 5.58. The van der Waals surface area contributed by atoms with Crippen molar-refractivity contribution in [2.45, 2.75) is 0 Å². The van der Waals surface area contributed by atoms with Crippen molar-refractivity contribution >= 4 is 46.4 Å². The molecule has 0 aliphatic rings. The van der Waals surface area contributed by atoms with Gasteiger partial charge in [-0.3, -0.25) is 0 Å². The van der Waals surface area contributed by atoms with Gasteiger partial charge in [-0.25, -0.2) is 0 Å². The van der Waals surface area contributed by atoms with Crippen LogP contribution in [-0.2, 0) is 4.74 Å². The summed E-state index contributed by atoms with van der Waals surface area (Å²) in [5.74, 6) is 0. The molecular weight excluding hydrogens is 254 g/mol. The Morgan fingerprint density at radius 2 is 1.23 bits per heavy atom. The average Bonchev–Trinajstić information content (AvgIpc) is 2.11. The van der Waals surface area contributed by atoms with Crippen LogP contribution in [0.3, 0.4) is 0 Å². The van der Waals surface area contributed by atoms with Gasteiger partial charge in [0.2, 0.25) is 0 Å². The van der Waals surface area contributed by atoms with E-state index in [2.05, 4.69) is 0 Å². The van der Waals surface area contributed by atoms with Crippen molar-refractivity contribution in [3.63, 3.8) is 0 Å². The van der Waals surface area contributed by atoms with Gasteiger partial charge in [-0.05, 0) is 47.5 Å². The minimum atomic E-state index is 0.112. The molecule has 5 heteroatoms. The van der Waals surface area contributed by atoms with Crippen LogP contribution < -0.4 is 0 Å². The van der Waals surface area contributed by atoms with Crippen LogP contribution in [0.15, 0.2) is 45.8 Å². The third kappa shape index (κ3) is 8.26. The first-order valence-corrected chi connectivity index (χ1v) is 4.76. The second-order valence-corrected chi connectivity index (χ2v) is 2.93. The lowest BCUT2D eigenvalue weighted by molar-refractivity contribution is 0.368. The van der Waals surface area contributed by atoms with E-state index in [9.17, 15) is 0 Å². The van der Waals surface area contributed by atoms with E-state index in [4.69, 9.17) is 51.1 Å².